The van der Waals surface area contributed by atoms with Gasteiger partial charge in [0.25, 0.3) is 0 Å². The second-order valence-electron chi connectivity index (χ2n) is 8.92. The van der Waals surface area contributed by atoms with Crippen molar-refractivity contribution in [2.75, 3.05) is 4.90 Å². The van der Waals surface area contributed by atoms with Crippen LogP contribution in [0, 0.1) is 42.4 Å². The van der Waals surface area contributed by atoms with Crippen molar-refractivity contribution in [1.29, 1.82) is 0 Å². The fourth-order valence-corrected chi connectivity index (χ4v) is 5.76. The van der Waals surface area contributed by atoms with Crippen LogP contribution < -0.4 is 9.64 Å². The third-order valence-electron chi connectivity index (χ3n) is 7.23. The van der Waals surface area contributed by atoms with E-state index in [0.717, 1.165) is 12.0 Å². The van der Waals surface area contributed by atoms with Crippen LogP contribution in [0.2, 0.25) is 0 Å². The number of benzene rings is 2. The van der Waals surface area contributed by atoms with E-state index in [1.807, 2.05) is 19.1 Å². The molecule has 5 nitrogen and oxygen atoms in total. The van der Waals surface area contributed by atoms with Gasteiger partial charge in [-0.05, 0) is 67.3 Å². The van der Waals surface area contributed by atoms with Crippen molar-refractivity contribution in [3.63, 3.8) is 0 Å². The molecule has 7 rings (SSSR count). The van der Waals surface area contributed by atoms with Crippen LogP contribution in [0.3, 0.4) is 0 Å². The van der Waals surface area contributed by atoms with Crippen molar-refractivity contribution in [2.24, 2.45) is 35.5 Å². The highest BCUT2D eigenvalue weighted by molar-refractivity contribution is 6.23. The van der Waals surface area contributed by atoms with Gasteiger partial charge in [0.1, 0.15) is 5.75 Å². The van der Waals surface area contributed by atoms with Crippen LogP contribution in [0.1, 0.15) is 22.3 Å². The largest absolute Gasteiger partial charge is 0.423 e. The number of amides is 2. The summed E-state index contributed by atoms with van der Waals surface area (Å²) in [6.07, 6.45) is 5.45. The fourth-order valence-electron chi connectivity index (χ4n) is 5.76. The maximum absolute atomic E-state index is 13.3. The molecule has 0 aromatic heterocycles. The zero-order chi connectivity index (χ0) is 20.6. The third-order valence-corrected chi connectivity index (χ3v) is 7.23. The second kappa shape index (κ2) is 6.14. The van der Waals surface area contributed by atoms with Crippen LogP contribution >= 0.6 is 0 Å². The smallest absolute Gasteiger partial charge is 0.343 e. The number of ether oxygens (including phenoxy) is 1. The molecule has 0 N–H and O–H groups in total. The van der Waals surface area contributed by atoms with Gasteiger partial charge in [-0.15, -0.1) is 0 Å². The number of allylic oxidation sites excluding steroid dienone is 2. The molecular formula is C25H21NO4. The van der Waals surface area contributed by atoms with Crippen LogP contribution in [0.15, 0.2) is 60.7 Å². The van der Waals surface area contributed by atoms with Crippen LogP contribution in [0.4, 0.5) is 5.69 Å². The molecule has 2 aromatic carbocycles. The molecule has 0 unspecified atom stereocenters. The number of carbonyl (C=O) groups excluding carboxylic acids is 3. The summed E-state index contributed by atoms with van der Waals surface area (Å²) < 4.78 is 5.45. The monoisotopic (exact) mass is 399 g/mol. The van der Waals surface area contributed by atoms with Gasteiger partial charge >= 0.3 is 5.97 Å². The van der Waals surface area contributed by atoms with Gasteiger partial charge in [0.15, 0.2) is 0 Å². The number of aryl methyl sites for hydroxylation is 1. The topological polar surface area (TPSA) is 63.7 Å². The minimum atomic E-state index is -0.514. The number of esters is 1. The van der Waals surface area contributed by atoms with Gasteiger partial charge in [0.05, 0.1) is 23.1 Å². The third kappa shape index (κ3) is 2.44. The van der Waals surface area contributed by atoms with Gasteiger partial charge in [-0.25, -0.2) is 9.69 Å². The van der Waals surface area contributed by atoms with E-state index in [2.05, 4.69) is 12.2 Å². The van der Waals surface area contributed by atoms with Gasteiger partial charge < -0.3 is 4.74 Å². The summed E-state index contributed by atoms with van der Waals surface area (Å²) in [6.45, 7) is 1.96. The number of hydrogen-bond acceptors (Lipinski definition) is 4. The molecule has 0 spiro atoms. The Labute approximate surface area is 174 Å². The first-order valence-electron chi connectivity index (χ1n) is 10.5. The maximum Gasteiger partial charge on any atom is 0.343 e. The van der Waals surface area contributed by atoms with Crippen LogP contribution in [-0.4, -0.2) is 17.8 Å². The molecule has 5 heteroatoms. The Bertz CT molecular complexity index is 1080. The number of imide groups is 1. The Balaban J connectivity index is 1.28. The zero-order valence-corrected chi connectivity index (χ0v) is 16.5. The number of rotatable bonds is 3. The molecule has 1 heterocycles. The molecule has 0 radical (unpaired) electrons. The molecule has 1 aliphatic heterocycles. The molecular weight excluding hydrogens is 378 g/mol. The molecule has 4 aliphatic carbocycles. The highest BCUT2D eigenvalue weighted by Crippen LogP contribution is 2.65. The zero-order valence-electron chi connectivity index (χ0n) is 16.5. The van der Waals surface area contributed by atoms with Crippen molar-refractivity contribution in [1.82, 2.24) is 0 Å². The van der Waals surface area contributed by atoms with E-state index in [-0.39, 0.29) is 35.5 Å². The molecule has 2 saturated carbocycles. The van der Waals surface area contributed by atoms with E-state index in [9.17, 15) is 14.4 Å². The van der Waals surface area contributed by atoms with E-state index in [0.29, 0.717) is 28.8 Å². The average Bonchev–Trinajstić information content (AvgIpc) is 3.53. The van der Waals surface area contributed by atoms with Gasteiger partial charge in [-0.2, -0.15) is 0 Å². The first-order chi connectivity index (χ1) is 14.5. The van der Waals surface area contributed by atoms with E-state index in [4.69, 9.17) is 4.74 Å². The van der Waals surface area contributed by atoms with Crippen LogP contribution in [-0.2, 0) is 9.59 Å². The molecule has 2 aromatic rings. The summed E-state index contributed by atoms with van der Waals surface area (Å²) in [4.78, 5) is 40.5. The van der Waals surface area contributed by atoms with Gasteiger partial charge in [-0.1, -0.05) is 35.9 Å². The fraction of sp³-hybridized carbons (Fsp3) is 0.320. The van der Waals surface area contributed by atoms with Gasteiger partial charge in [0, 0.05) is 0 Å². The SMILES string of the molecule is Cc1ccc(OC(=O)c2cccc(N3C(=O)[C@H]4[C@@H]5C=C[C@H]([C@H]6C[C@H]56)[C@@H]4C3=O)c2)cc1. The predicted molar refractivity (Wildman–Crippen MR) is 110 cm³/mol. The normalized spacial score (nSPS) is 32.8. The second-order valence-corrected chi connectivity index (χ2v) is 8.92. The molecule has 6 atom stereocenters. The van der Waals surface area contributed by atoms with Crippen molar-refractivity contribution in [2.45, 2.75) is 13.3 Å². The molecule has 1 saturated heterocycles. The first-order valence-corrected chi connectivity index (χ1v) is 10.5. The minimum absolute atomic E-state index is 0.126. The lowest BCUT2D eigenvalue weighted by Gasteiger charge is -2.37. The van der Waals surface area contributed by atoms with E-state index in [1.54, 1.807) is 36.4 Å². The Morgan fingerprint density at radius 1 is 0.933 bits per heavy atom. The number of anilines is 1. The lowest BCUT2D eigenvalue weighted by molar-refractivity contribution is -0.124. The highest BCUT2D eigenvalue weighted by atomic mass is 16.5. The van der Waals surface area contributed by atoms with Crippen molar-refractivity contribution >= 4 is 23.5 Å². The molecule has 2 bridgehead atoms. The van der Waals surface area contributed by atoms with Crippen molar-refractivity contribution < 1.29 is 19.1 Å². The van der Waals surface area contributed by atoms with E-state index < -0.39 is 5.97 Å². The highest BCUT2D eigenvalue weighted by Gasteiger charge is 2.67. The minimum Gasteiger partial charge on any atom is -0.423 e. The Morgan fingerprint density at radius 3 is 2.20 bits per heavy atom. The molecule has 2 amide bonds. The summed E-state index contributed by atoms with van der Waals surface area (Å²) >= 11 is 0. The Kier molecular flexibility index (Phi) is 3.61. The lowest BCUT2D eigenvalue weighted by atomic mass is 9.63. The van der Waals surface area contributed by atoms with Crippen LogP contribution in [0.5, 0.6) is 5.75 Å². The van der Waals surface area contributed by atoms with Gasteiger partial charge in [0.2, 0.25) is 11.8 Å². The maximum atomic E-state index is 13.3. The molecule has 30 heavy (non-hydrogen) atoms. The lowest BCUT2D eigenvalue weighted by Crippen LogP contribution is -2.40. The molecule has 3 fully saturated rings. The molecule has 5 aliphatic rings. The van der Waals surface area contributed by atoms with Crippen LogP contribution in [0.25, 0.3) is 0 Å². The quantitative estimate of drug-likeness (QED) is 0.341. The predicted octanol–water partition coefficient (Wildman–Crippen LogP) is 3.77. The first kappa shape index (κ1) is 17.6. The van der Waals surface area contributed by atoms with Gasteiger partial charge in [-0.3, -0.25) is 9.59 Å². The van der Waals surface area contributed by atoms with E-state index in [1.165, 1.54) is 4.90 Å². The average molecular weight is 399 g/mol. The standard InChI is InChI=1S/C25H21NO4/c1-13-5-7-16(8-6-13)30-25(29)14-3-2-4-15(11-14)26-23(27)21-17-9-10-18(20-12-19(17)20)22(21)24(26)28/h2-11,17-22H,12H2,1H3/t17-,18-,19-,20-,21+,22+/m1/s1. The number of carbonyl (C=O) groups is 3. The summed E-state index contributed by atoms with van der Waals surface area (Å²) in [5.41, 5.74) is 1.84. The summed E-state index contributed by atoms with van der Waals surface area (Å²) in [5.74, 6) is 0.679. The van der Waals surface area contributed by atoms with E-state index >= 15 is 0 Å². The molecule has 150 valence electrons. The Morgan fingerprint density at radius 2 is 1.57 bits per heavy atom. The van der Waals surface area contributed by atoms with Crippen molar-refractivity contribution in [3.05, 3.63) is 71.8 Å². The van der Waals surface area contributed by atoms with Crippen molar-refractivity contribution in [3.8, 4) is 5.75 Å². The summed E-state index contributed by atoms with van der Waals surface area (Å²) in [7, 11) is 0. The summed E-state index contributed by atoms with van der Waals surface area (Å²) in [5, 5.41) is 0. The Hall–Kier alpha value is -3.21. The number of hydrogen-bond donors (Lipinski definition) is 0. The number of nitrogens with zero attached hydrogens (tertiary/aromatic N) is 1. The summed E-state index contributed by atoms with van der Waals surface area (Å²) in [6, 6.07) is 13.8.